The molecule has 1 aliphatic carbocycles. The molecule has 1 saturated carbocycles. The highest BCUT2D eigenvalue weighted by molar-refractivity contribution is 5.44. The molecule has 18 heavy (non-hydrogen) atoms. The molecule has 7 nitrogen and oxygen atoms in total. The number of nitrogens with zero attached hydrogens (tertiary/aromatic N) is 4. The van der Waals surface area contributed by atoms with E-state index in [1.807, 2.05) is 0 Å². The lowest BCUT2D eigenvalue weighted by Gasteiger charge is -2.24. The van der Waals surface area contributed by atoms with Crippen molar-refractivity contribution in [2.24, 2.45) is 11.7 Å². The van der Waals surface area contributed by atoms with Gasteiger partial charge in [-0.3, -0.25) is 0 Å². The molecule has 2 aromatic rings. The summed E-state index contributed by atoms with van der Waals surface area (Å²) in [6.45, 7) is 0.779. The van der Waals surface area contributed by atoms with Crippen molar-refractivity contribution in [3.8, 4) is 11.5 Å². The van der Waals surface area contributed by atoms with Crippen molar-refractivity contribution >= 4 is 0 Å². The van der Waals surface area contributed by atoms with E-state index in [4.69, 9.17) is 10.3 Å². The molecule has 2 heterocycles. The number of nitrogens with one attached hydrogen (secondary N) is 1. The van der Waals surface area contributed by atoms with Crippen LogP contribution in [0.15, 0.2) is 10.7 Å². The van der Waals surface area contributed by atoms with E-state index >= 15 is 0 Å². The van der Waals surface area contributed by atoms with Gasteiger partial charge in [0.05, 0.1) is 6.20 Å². The number of hydrogen-bond donors (Lipinski definition) is 2. The maximum atomic E-state index is 5.69. The zero-order valence-corrected chi connectivity index (χ0v) is 10.0. The second-order valence-electron chi connectivity index (χ2n) is 4.76. The number of hydrogen-bond acceptors (Lipinski definition) is 6. The van der Waals surface area contributed by atoms with Crippen molar-refractivity contribution < 1.29 is 4.52 Å². The molecule has 0 amide bonds. The molecule has 0 bridgehead atoms. The van der Waals surface area contributed by atoms with Crippen molar-refractivity contribution in [1.82, 2.24) is 25.6 Å². The largest absolute Gasteiger partial charge is 0.339 e. The molecule has 0 unspecified atom stereocenters. The lowest BCUT2D eigenvalue weighted by Crippen LogP contribution is -2.20. The summed E-state index contributed by atoms with van der Waals surface area (Å²) in [5, 5.41) is 14.1. The van der Waals surface area contributed by atoms with Crippen molar-refractivity contribution in [2.45, 2.75) is 31.6 Å². The first kappa shape index (κ1) is 11.3. The Morgan fingerprint density at radius 3 is 2.83 bits per heavy atom. The Morgan fingerprint density at radius 1 is 1.33 bits per heavy atom. The Labute approximate surface area is 104 Å². The van der Waals surface area contributed by atoms with Crippen LogP contribution in [0, 0.1) is 5.92 Å². The third-order valence-electron chi connectivity index (χ3n) is 3.62. The molecule has 7 heteroatoms. The normalized spacial score (nSPS) is 24.3. The Hall–Kier alpha value is -1.76. The summed E-state index contributed by atoms with van der Waals surface area (Å²) in [7, 11) is 0. The molecule has 1 aliphatic rings. The third-order valence-corrected chi connectivity index (χ3v) is 3.62. The van der Waals surface area contributed by atoms with E-state index in [0.717, 1.165) is 32.2 Å². The summed E-state index contributed by atoms with van der Waals surface area (Å²) < 4.78 is 5.32. The van der Waals surface area contributed by atoms with Crippen molar-refractivity contribution in [3.63, 3.8) is 0 Å². The predicted molar refractivity (Wildman–Crippen MR) is 63.4 cm³/mol. The Morgan fingerprint density at radius 2 is 2.17 bits per heavy atom. The average Bonchev–Trinajstić information content (AvgIpc) is 3.09. The van der Waals surface area contributed by atoms with Crippen LogP contribution in [0.3, 0.4) is 0 Å². The maximum absolute atomic E-state index is 5.69. The van der Waals surface area contributed by atoms with Crippen molar-refractivity contribution in [2.75, 3.05) is 6.54 Å². The van der Waals surface area contributed by atoms with E-state index in [0.29, 0.717) is 29.2 Å². The molecule has 2 aromatic heterocycles. The van der Waals surface area contributed by atoms with Gasteiger partial charge >= 0.3 is 0 Å². The maximum Gasteiger partial charge on any atom is 0.230 e. The van der Waals surface area contributed by atoms with Crippen LogP contribution in [0.4, 0.5) is 0 Å². The first-order chi connectivity index (χ1) is 8.86. The summed E-state index contributed by atoms with van der Waals surface area (Å²) >= 11 is 0. The Balaban J connectivity index is 1.71. The topological polar surface area (TPSA) is 107 Å². The molecule has 1 fully saturated rings. The van der Waals surface area contributed by atoms with Gasteiger partial charge in [0.15, 0.2) is 5.69 Å². The Bertz CT molecular complexity index is 485. The van der Waals surface area contributed by atoms with Crippen molar-refractivity contribution in [3.05, 3.63) is 12.1 Å². The van der Waals surface area contributed by atoms with Gasteiger partial charge in [0.2, 0.25) is 11.7 Å². The summed E-state index contributed by atoms with van der Waals surface area (Å²) in [5.41, 5.74) is 6.30. The smallest absolute Gasteiger partial charge is 0.230 e. The van der Waals surface area contributed by atoms with E-state index in [-0.39, 0.29) is 0 Å². The van der Waals surface area contributed by atoms with Crippen LogP contribution in [-0.2, 0) is 0 Å². The first-order valence-electron chi connectivity index (χ1n) is 6.26. The lowest BCUT2D eigenvalue weighted by atomic mass is 9.82. The number of rotatable bonds is 3. The molecule has 0 aromatic carbocycles. The van der Waals surface area contributed by atoms with Gasteiger partial charge in [-0.25, -0.2) is 0 Å². The molecular formula is C11H16N6O. The highest BCUT2D eigenvalue weighted by atomic mass is 16.5. The highest BCUT2D eigenvalue weighted by Gasteiger charge is 2.26. The van der Waals surface area contributed by atoms with Crippen LogP contribution >= 0.6 is 0 Å². The van der Waals surface area contributed by atoms with Crippen LogP contribution in [0.25, 0.3) is 11.5 Å². The minimum Gasteiger partial charge on any atom is -0.339 e. The highest BCUT2D eigenvalue weighted by Crippen LogP contribution is 2.34. The second-order valence-corrected chi connectivity index (χ2v) is 4.76. The van der Waals surface area contributed by atoms with Gasteiger partial charge in [0.1, 0.15) is 0 Å². The van der Waals surface area contributed by atoms with E-state index < -0.39 is 0 Å². The van der Waals surface area contributed by atoms with E-state index in [9.17, 15) is 0 Å². The Kier molecular flexibility index (Phi) is 3.06. The first-order valence-corrected chi connectivity index (χ1v) is 6.26. The molecule has 0 atom stereocenters. The third kappa shape index (κ3) is 2.13. The average molecular weight is 248 g/mol. The van der Waals surface area contributed by atoms with Crippen LogP contribution in [0.2, 0.25) is 0 Å². The molecular weight excluding hydrogens is 232 g/mol. The predicted octanol–water partition coefficient (Wildman–Crippen LogP) is 1.09. The standard InChI is InChI=1S/C11H16N6O/c12-5-7-1-3-8(4-2-7)11-14-10(16-18-11)9-6-13-17-15-9/h6-8H,1-5,12H2,(H,13,15,17). The van der Waals surface area contributed by atoms with E-state index in [1.54, 1.807) is 6.20 Å². The fourth-order valence-electron chi connectivity index (χ4n) is 2.46. The van der Waals surface area contributed by atoms with Gasteiger partial charge in [-0.1, -0.05) is 5.16 Å². The SMILES string of the molecule is NCC1CCC(c2nc(-c3cn[nH]n3)no2)CC1. The van der Waals surface area contributed by atoms with E-state index in [2.05, 4.69) is 25.6 Å². The summed E-state index contributed by atoms with van der Waals surface area (Å²) in [6.07, 6.45) is 6.01. The van der Waals surface area contributed by atoms with Gasteiger partial charge in [-0.2, -0.15) is 20.4 Å². The summed E-state index contributed by atoms with van der Waals surface area (Å²) in [4.78, 5) is 4.40. The van der Waals surface area contributed by atoms with Crippen LogP contribution < -0.4 is 5.73 Å². The quantitative estimate of drug-likeness (QED) is 0.842. The second kappa shape index (κ2) is 4.85. The van der Waals surface area contributed by atoms with Gasteiger partial charge in [0.25, 0.3) is 0 Å². The van der Waals surface area contributed by atoms with Gasteiger partial charge in [0, 0.05) is 5.92 Å². The summed E-state index contributed by atoms with van der Waals surface area (Å²) in [6, 6.07) is 0. The molecule has 0 radical (unpaired) electrons. The number of aromatic nitrogens is 5. The zero-order chi connectivity index (χ0) is 12.4. The minimum absolute atomic E-state index is 0.362. The molecule has 0 saturated heterocycles. The molecule has 3 N–H and O–H groups in total. The fraction of sp³-hybridized carbons (Fsp3) is 0.636. The molecule has 3 rings (SSSR count). The minimum atomic E-state index is 0.362. The zero-order valence-electron chi connectivity index (χ0n) is 10.0. The van der Waals surface area contributed by atoms with Crippen molar-refractivity contribution in [1.29, 1.82) is 0 Å². The molecule has 0 aliphatic heterocycles. The van der Waals surface area contributed by atoms with Gasteiger partial charge in [-0.15, -0.1) is 0 Å². The van der Waals surface area contributed by atoms with E-state index in [1.165, 1.54) is 0 Å². The summed E-state index contributed by atoms with van der Waals surface area (Å²) in [5.74, 6) is 2.23. The molecule has 96 valence electrons. The fourth-order valence-corrected chi connectivity index (χ4v) is 2.46. The van der Waals surface area contributed by atoms with Crippen LogP contribution in [0.1, 0.15) is 37.5 Å². The monoisotopic (exact) mass is 248 g/mol. The van der Waals surface area contributed by atoms with Crippen LogP contribution in [0.5, 0.6) is 0 Å². The number of aromatic amines is 1. The molecule has 0 spiro atoms. The lowest BCUT2D eigenvalue weighted by molar-refractivity contribution is 0.275. The van der Waals surface area contributed by atoms with Crippen LogP contribution in [-0.4, -0.2) is 32.1 Å². The number of H-pyrrole nitrogens is 1. The number of nitrogens with two attached hydrogens (primary N) is 1. The van der Waals surface area contributed by atoms with Gasteiger partial charge in [-0.05, 0) is 38.1 Å². The van der Waals surface area contributed by atoms with Gasteiger partial charge < -0.3 is 10.3 Å².